The molecular formula is C19H21F3N4O2. The van der Waals surface area contributed by atoms with Gasteiger partial charge in [-0.05, 0) is 38.5 Å². The minimum Gasteiger partial charge on any atom is -0.354 e. The normalized spacial score (nSPS) is 15.1. The van der Waals surface area contributed by atoms with E-state index in [4.69, 9.17) is 0 Å². The number of pyridine rings is 1. The monoisotopic (exact) mass is 394 g/mol. The Morgan fingerprint density at radius 3 is 2.21 bits per heavy atom. The number of hydrogen-bond acceptors (Lipinski definition) is 4. The zero-order chi connectivity index (χ0) is 20.6. The number of rotatable bonds is 3. The van der Waals surface area contributed by atoms with Gasteiger partial charge in [-0.1, -0.05) is 0 Å². The number of aromatic amines is 1. The largest absolute Gasteiger partial charge is 0.417 e. The van der Waals surface area contributed by atoms with Gasteiger partial charge in [0.15, 0.2) is 5.78 Å². The van der Waals surface area contributed by atoms with Gasteiger partial charge in [-0.15, -0.1) is 0 Å². The summed E-state index contributed by atoms with van der Waals surface area (Å²) in [5.74, 6) is 0.169. The molecule has 1 aliphatic heterocycles. The van der Waals surface area contributed by atoms with Crippen LogP contribution in [0.5, 0.6) is 0 Å². The summed E-state index contributed by atoms with van der Waals surface area (Å²) in [6.45, 7) is 6.71. The Bertz CT molecular complexity index is 895. The summed E-state index contributed by atoms with van der Waals surface area (Å²) in [7, 11) is 0. The number of ketones is 1. The molecule has 0 unspecified atom stereocenters. The van der Waals surface area contributed by atoms with Crippen LogP contribution in [0.4, 0.5) is 19.0 Å². The summed E-state index contributed by atoms with van der Waals surface area (Å²) in [5, 5.41) is 0. The van der Waals surface area contributed by atoms with Crippen LogP contribution in [-0.4, -0.2) is 52.7 Å². The molecule has 3 heterocycles. The first kappa shape index (κ1) is 19.9. The van der Waals surface area contributed by atoms with Crippen molar-refractivity contribution >= 4 is 17.5 Å². The second-order valence-electron chi connectivity index (χ2n) is 6.86. The minimum absolute atomic E-state index is 0.0940. The van der Waals surface area contributed by atoms with Crippen molar-refractivity contribution in [2.45, 2.75) is 26.9 Å². The first-order chi connectivity index (χ1) is 13.1. The fourth-order valence-electron chi connectivity index (χ4n) is 3.53. The van der Waals surface area contributed by atoms with Crippen LogP contribution in [0, 0.1) is 13.8 Å². The Morgan fingerprint density at radius 2 is 1.75 bits per heavy atom. The predicted octanol–water partition coefficient (Wildman–Crippen LogP) is 3.21. The van der Waals surface area contributed by atoms with Gasteiger partial charge in [0.05, 0.1) is 5.56 Å². The van der Waals surface area contributed by atoms with E-state index in [1.807, 2.05) is 4.90 Å². The lowest BCUT2D eigenvalue weighted by molar-refractivity contribution is -0.137. The Hall–Kier alpha value is -2.84. The van der Waals surface area contributed by atoms with Crippen molar-refractivity contribution in [3.63, 3.8) is 0 Å². The third-order valence-corrected chi connectivity index (χ3v) is 4.97. The number of hydrogen-bond donors (Lipinski definition) is 1. The summed E-state index contributed by atoms with van der Waals surface area (Å²) >= 11 is 0. The van der Waals surface area contributed by atoms with E-state index in [-0.39, 0.29) is 11.7 Å². The topological polar surface area (TPSA) is 69.3 Å². The van der Waals surface area contributed by atoms with Crippen molar-refractivity contribution in [2.24, 2.45) is 0 Å². The average Bonchev–Trinajstić information content (AvgIpc) is 2.95. The van der Waals surface area contributed by atoms with Crippen molar-refractivity contribution in [1.82, 2.24) is 14.9 Å². The van der Waals surface area contributed by atoms with Crippen LogP contribution in [0.3, 0.4) is 0 Å². The van der Waals surface area contributed by atoms with Crippen molar-refractivity contribution < 1.29 is 22.8 Å². The third-order valence-electron chi connectivity index (χ3n) is 4.97. The van der Waals surface area contributed by atoms with E-state index in [1.165, 1.54) is 13.0 Å². The maximum Gasteiger partial charge on any atom is 0.417 e. The molecule has 0 radical (unpaired) electrons. The lowest BCUT2D eigenvalue weighted by atomic mass is 10.1. The first-order valence-electron chi connectivity index (χ1n) is 8.87. The fourth-order valence-corrected chi connectivity index (χ4v) is 3.53. The van der Waals surface area contributed by atoms with E-state index in [1.54, 1.807) is 18.7 Å². The number of aryl methyl sites for hydroxylation is 1. The Labute approximate surface area is 160 Å². The highest BCUT2D eigenvalue weighted by Gasteiger charge is 2.31. The molecule has 1 fully saturated rings. The van der Waals surface area contributed by atoms with Crippen LogP contribution in [0.15, 0.2) is 18.3 Å². The molecule has 0 spiro atoms. The Kier molecular flexibility index (Phi) is 5.18. The number of carbonyl (C=O) groups excluding carboxylic acids is 2. The van der Waals surface area contributed by atoms with Crippen molar-refractivity contribution in [3.05, 3.63) is 46.4 Å². The molecule has 0 bridgehead atoms. The van der Waals surface area contributed by atoms with Gasteiger partial charge in [-0.3, -0.25) is 9.59 Å². The van der Waals surface area contributed by atoms with E-state index in [0.717, 1.165) is 12.3 Å². The average molecular weight is 394 g/mol. The van der Waals surface area contributed by atoms with Crippen LogP contribution in [0.2, 0.25) is 0 Å². The van der Waals surface area contributed by atoms with Crippen molar-refractivity contribution in [2.75, 3.05) is 31.1 Å². The summed E-state index contributed by atoms with van der Waals surface area (Å²) in [6, 6.07) is 2.35. The van der Waals surface area contributed by atoms with Gasteiger partial charge in [-0.2, -0.15) is 13.2 Å². The molecule has 150 valence electrons. The van der Waals surface area contributed by atoms with Gasteiger partial charge < -0.3 is 14.8 Å². The SMILES string of the molecule is CC(=O)c1c(C)[nH]c(C(=O)N2CCN(c3ccc(C(F)(F)F)cn3)CC2)c1C. The number of Topliss-reactive ketones (excluding diaryl/α,β-unsaturated/α-hetero) is 1. The van der Waals surface area contributed by atoms with Crippen molar-refractivity contribution in [3.8, 4) is 0 Å². The molecule has 0 aliphatic carbocycles. The van der Waals surface area contributed by atoms with Crippen LogP contribution < -0.4 is 4.90 Å². The van der Waals surface area contributed by atoms with Crippen LogP contribution in [-0.2, 0) is 6.18 Å². The number of nitrogens with zero attached hydrogens (tertiary/aromatic N) is 3. The van der Waals surface area contributed by atoms with E-state index in [2.05, 4.69) is 9.97 Å². The molecule has 0 saturated carbocycles. The number of piperazine rings is 1. The highest BCUT2D eigenvalue weighted by Crippen LogP contribution is 2.29. The Morgan fingerprint density at radius 1 is 1.11 bits per heavy atom. The lowest BCUT2D eigenvalue weighted by Gasteiger charge is -2.35. The second kappa shape index (κ2) is 7.29. The molecule has 28 heavy (non-hydrogen) atoms. The van der Waals surface area contributed by atoms with Gasteiger partial charge in [0.25, 0.3) is 5.91 Å². The smallest absolute Gasteiger partial charge is 0.354 e. The first-order valence-corrected chi connectivity index (χ1v) is 8.87. The quantitative estimate of drug-likeness (QED) is 0.812. The molecule has 0 aromatic carbocycles. The predicted molar refractivity (Wildman–Crippen MR) is 97.6 cm³/mol. The number of H-pyrrole nitrogens is 1. The molecular weight excluding hydrogens is 373 g/mol. The minimum atomic E-state index is -4.42. The molecule has 2 aromatic rings. The summed E-state index contributed by atoms with van der Waals surface area (Å²) < 4.78 is 38.0. The molecule has 2 aromatic heterocycles. The number of nitrogens with one attached hydrogen (secondary N) is 1. The van der Waals surface area contributed by atoms with Crippen LogP contribution >= 0.6 is 0 Å². The summed E-state index contributed by atoms with van der Waals surface area (Å²) in [4.78, 5) is 35.0. The number of carbonyl (C=O) groups is 2. The summed E-state index contributed by atoms with van der Waals surface area (Å²) in [6.07, 6.45) is -3.59. The zero-order valence-corrected chi connectivity index (χ0v) is 15.9. The van der Waals surface area contributed by atoms with Gasteiger partial charge in [-0.25, -0.2) is 4.98 Å². The Balaban J connectivity index is 1.68. The van der Waals surface area contributed by atoms with E-state index in [0.29, 0.717) is 54.5 Å². The third kappa shape index (κ3) is 3.74. The van der Waals surface area contributed by atoms with Gasteiger partial charge in [0.1, 0.15) is 11.5 Å². The van der Waals surface area contributed by atoms with Crippen LogP contribution in [0.25, 0.3) is 0 Å². The van der Waals surface area contributed by atoms with E-state index in [9.17, 15) is 22.8 Å². The van der Waals surface area contributed by atoms with Gasteiger partial charge in [0.2, 0.25) is 0 Å². The van der Waals surface area contributed by atoms with Crippen LogP contribution in [0.1, 0.15) is 44.6 Å². The van der Waals surface area contributed by atoms with Gasteiger partial charge in [0, 0.05) is 43.6 Å². The molecule has 3 rings (SSSR count). The maximum absolute atomic E-state index is 12.8. The fraction of sp³-hybridized carbons (Fsp3) is 0.421. The number of halogens is 3. The molecule has 1 saturated heterocycles. The van der Waals surface area contributed by atoms with Gasteiger partial charge >= 0.3 is 6.18 Å². The van der Waals surface area contributed by atoms with E-state index < -0.39 is 11.7 Å². The lowest BCUT2D eigenvalue weighted by Crippen LogP contribution is -2.49. The number of anilines is 1. The summed E-state index contributed by atoms with van der Waals surface area (Å²) in [5.41, 5.74) is 1.46. The number of aromatic nitrogens is 2. The molecule has 1 amide bonds. The molecule has 1 aliphatic rings. The highest BCUT2D eigenvalue weighted by atomic mass is 19.4. The maximum atomic E-state index is 12.8. The molecule has 9 heteroatoms. The van der Waals surface area contributed by atoms with Crippen molar-refractivity contribution in [1.29, 1.82) is 0 Å². The highest BCUT2D eigenvalue weighted by molar-refractivity contribution is 6.02. The molecule has 6 nitrogen and oxygen atoms in total. The number of alkyl halides is 3. The van der Waals surface area contributed by atoms with E-state index >= 15 is 0 Å². The standard InChI is InChI=1S/C19H21F3N4O2/c1-11-16(13(3)27)12(2)24-17(11)18(28)26-8-6-25(7-9-26)15-5-4-14(10-23-15)19(20,21)22/h4-5,10,24H,6-9H2,1-3H3. The molecule has 0 atom stereocenters. The molecule has 1 N–H and O–H groups in total. The zero-order valence-electron chi connectivity index (χ0n) is 15.9. The second-order valence-corrected chi connectivity index (χ2v) is 6.86. The number of amides is 1.